The van der Waals surface area contributed by atoms with Crippen LogP contribution in [0, 0.1) is 0 Å². The summed E-state index contributed by atoms with van der Waals surface area (Å²) in [4.78, 5) is 0. The Kier molecular flexibility index (Phi) is 2.96. The fourth-order valence-electron chi connectivity index (χ4n) is 2.57. The number of nitrogens with one attached hydrogen (secondary N) is 1. The van der Waals surface area contributed by atoms with Crippen molar-refractivity contribution in [3.05, 3.63) is 29.8 Å². The van der Waals surface area contributed by atoms with Crippen LogP contribution in [0.25, 0.3) is 0 Å². The highest BCUT2D eigenvalue weighted by molar-refractivity contribution is 5.32. The molecule has 1 aromatic rings. The zero-order chi connectivity index (χ0) is 10.7. The molecule has 0 amide bonds. The smallest absolute Gasteiger partial charge is 0.118 e. The fraction of sp³-hybridized carbons (Fsp3) is 0.538. The summed E-state index contributed by atoms with van der Waals surface area (Å²) in [5.74, 6) is 0.933. The van der Waals surface area contributed by atoms with E-state index < -0.39 is 0 Å². The molecule has 0 aliphatic heterocycles. The van der Waals surface area contributed by atoms with Crippen molar-refractivity contribution in [2.24, 2.45) is 0 Å². The standard InChI is InChI=1S/C13H19NO/c1-14-13(9-3-4-10-13)11-5-7-12(15-2)8-6-11/h5-8,14H,3-4,9-10H2,1-2H3. The third-order valence-electron chi connectivity index (χ3n) is 3.58. The van der Waals surface area contributed by atoms with E-state index in [2.05, 4.69) is 24.5 Å². The molecule has 1 aliphatic rings. The zero-order valence-corrected chi connectivity index (χ0v) is 9.55. The summed E-state index contributed by atoms with van der Waals surface area (Å²) in [7, 11) is 3.77. The third-order valence-corrected chi connectivity index (χ3v) is 3.58. The van der Waals surface area contributed by atoms with Crippen molar-refractivity contribution in [3.8, 4) is 5.75 Å². The van der Waals surface area contributed by atoms with Gasteiger partial charge in [-0.3, -0.25) is 0 Å². The van der Waals surface area contributed by atoms with Crippen LogP contribution in [0.3, 0.4) is 0 Å². The second kappa shape index (κ2) is 4.23. The van der Waals surface area contributed by atoms with E-state index in [0.717, 1.165) is 5.75 Å². The molecular formula is C13H19NO. The molecule has 15 heavy (non-hydrogen) atoms. The molecule has 1 fully saturated rings. The molecule has 0 unspecified atom stereocenters. The van der Waals surface area contributed by atoms with Crippen LogP contribution in [-0.2, 0) is 5.54 Å². The summed E-state index contributed by atoms with van der Waals surface area (Å²) < 4.78 is 5.18. The normalized spacial score (nSPS) is 19.1. The van der Waals surface area contributed by atoms with Crippen molar-refractivity contribution in [1.29, 1.82) is 0 Å². The molecule has 0 radical (unpaired) electrons. The highest BCUT2D eigenvalue weighted by atomic mass is 16.5. The van der Waals surface area contributed by atoms with Gasteiger partial charge in [0.25, 0.3) is 0 Å². The highest BCUT2D eigenvalue weighted by Crippen LogP contribution is 2.38. The van der Waals surface area contributed by atoms with E-state index in [1.807, 2.05) is 12.1 Å². The molecule has 0 spiro atoms. The van der Waals surface area contributed by atoms with Gasteiger partial charge in [-0.1, -0.05) is 25.0 Å². The number of ether oxygens (including phenoxy) is 1. The van der Waals surface area contributed by atoms with Crippen molar-refractivity contribution in [1.82, 2.24) is 5.32 Å². The molecule has 2 nitrogen and oxygen atoms in total. The van der Waals surface area contributed by atoms with Crippen LogP contribution in [0.1, 0.15) is 31.2 Å². The number of hydrogen-bond donors (Lipinski definition) is 1. The molecule has 1 aromatic carbocycles. The van der Waals surface area contributed by atoms with Crippen LogP contribution in [0.5, 0.6) is 5.75 Å². The van der Waals surface area contributed by atoms with E-state index >= 15 is 0 Å². The van der Waals surface area contributed by atoms with Crippen LogP contribution >= 0.6 is 0 Å². The summed E-state index contributed by atoms with van der Waals surface area (Å²) in [5.41, 5.74) is 1.61. The van der Waals surface area contributed by atoms with Gasteiger partial charge in [0.05, 0.1) is 7.11 Å². The van der Waals surface area contributed by atoms with Gasteiger partial charge in [-0.05, 0) is 37.6 Å². The summed E-state index contributed by atoms with van der Waals surface area (Å²) in [5, 5.41) is 3.49. The monoisotopic (exact) mass is 205 g/mol. The molecule has 0 saturated heterocycles. The molecule has 2 rings (SSSR count). The van der Waals surface area contributed by atoms with E-state index in [1.54, 1.807) is 7.11 Å². The second-order valence-corrected chi connectivity index (χ2v) is 4.27. The van der Waals surface area contributed by atoms with Crippen LogP contribution < -0.4 is 10.1 Å². The Bertz CT molecular complexity index is 312. The molecular weight excluding hydrogens is 186 g/mol. The van der Waals surface area contributed by atoms with Gasteiger partial charge in [0, 0.05) is 5.54 Å². The molecule has 0 aromatic heterocycles. The average Bonchev–Trinajstić information content (AvgIpc) is 2.79. The predicted molar refractivity (Wildman–Crippen MR) is 62.2 cm³/mol. The van der Waals surface area contributed by atoms with Crippen molar-refractivity contribution in [2.45, 2.75) is 31.2 Å². The minimum atomic E-state index is 0.215. The maximum atomic E-state index is 5.18. The lowest BCUT2D eigenvalue weighted by atomic mass is 9.88. The van der Waals surface area contributed by atoms with Gasteiger partial charge in [-0.15, -0.1) is 0 Å². The fourth-order valence-corrected chi connectivity index (χ4v) is 2.57. The highest BCUT2D eigenvalue weighted by Gasteiger charge is 2.33. The Morgan fingerprint density at radius 3 is 2.20 bits per heavy atom. The number of rotatable bonds is 3. The summed E-state index contributed by atoms with van der Waals surface area (Å²) in [6.07, 6.45) is 5.14. The second-order valence-electron chi connectivity index (χ2n) is 4.27. The summed E-state index contributed by atoms with van der Waals surface area (Å²) >= 11 is 0. The molecule has 1 saturated carbocycles. The number of hydrogen-bond acceptors (Lipinski definition) is 2. The predicted octanol–water partition coefficient (Wildman–Crippen LogP) is 2.68. The van der Waals surface area contributed by atoms with E-state index in [9.17, 15) is 0 Å². The lowest BCUT2D eigenvalue weighted by Gasteiger charge is -2.29. The topological polar surface area (TPSA) is 21.3 Å². The minimum Gasteiger partial charge on any atom is -0.497 e. The van der Waals surface area contributed by atoms with Crippen LogP contribution in [0.2, 0.25) is 0 Å². The Morgan fingerprint density at radius 2 is 1.73 bits per heavy atom. The average molecular weight is 205 g/mol. The van der Waals surface area contributed by atoms with Gasteiger partial charge in [0.1, 0.15) is 5.75 Å². The van der Waals surface area contributed by atoms with E-state index in [4.69, 9.17) is 4.74 Å². The maximum Gasteiger partial charge on any atom is 0.118 e. The van der Waals surface area contributed by atoms with E-state index in [1.165, 1.54) is 31.2 Å². The molecule has 82 valence electrons. The summed E-state index contributed by atoms with van der Waals surface area (Å²) in [6.45, 7) is 0. The van der Waals surface area contributed by atoms with E-state index in [-0.39, 0.29) is 5.54 Å². The SMILES string of the molecule is CNC1(c2ccc(OC)cc2)CCCC1. The quantitative estimate of drug-likeness (QED) is 0.819. The van der Waals surface area contributed by atoms with Crippen molar-refractivity contribution in [3.63, 3.8) is 0 Å². The van der Waals surface area contributed by atoms with Crippen molar-refractivity contribution < 1.29 is 4.74 Å². The van der Waals surface area contributed by atoms with E-state index in [0.29, 0.717) is 0 Å². The number of benzene rings is 1. The van der Waals surface area contributed by atoms with Gasteiger partial charge in [-0.25, -0.2) is 0 Å². The van der Waals surface area contributed by atoms with Gasteiger partial charge in [0.15, 0.2) is 0 Å². The van der Waals surface area contributed by atoms with Crippen molar-refractivity contribution >= 4 is 0 Å². The molecule has 1 N–H and O–H groups in total. The van der Waals surface area contributed by atoms with Gasteiger partial charge in [-0.2, -0.15) is 0 Å². The number of methoxy groups -OCH3 is 1. The Balaban J connectivity index is 2.26. The molecule has 1 aliphatic carbocycles. The van der Waals surface area contributed by atoms with Crippen LogP contribution in [0.15, 0.2) is 24.3 Å². The molecule has 2 heteroatoms. The van der Waals surface area contributed by atoms with Gasteiger partial charge < -0.3 is 10.1 Å². The maximum absolute atomic E-state index is 5.18. The first-order valence-corrected chi connectivity index (χ1v) is 5.64. The molecule has 0 atom stereocenters. The molecule has 0 heterocycles. The van der Waals surface area contributed by atoms with Gasteiger partial charge in [0.2, 0.25) is 0 Å². The first kappa shape index (κ1) is 10.5. The van der Waals surface area contributed by atoms with Gasteiger partial charge >= 0.3 is 0 Å². The molecule has 0 bridgehead atoms. The van der Waals surface area contributed by atoms with Crippen molar-refractivity contribution in [2.75, 3.05) is 14.2 Å². The summed E-state index contributed by atoms with van der Waals surface area (Å²) in [6, 6.07) is 8.46. The van der Waals surface area contributed by atoms with Crippen LogP contribution in [0.4, 0.5) is 0 Å². The third kappa shape index (κ3) is 1.86. The Labute approximate surface area is 91.6 Å². The Morgan fingerprint density at radius 1 is 1.13 bits per heavy atom. The first-order chi connectivity index (χ1) is 7.30. The zero-order valence-electron chi connectivity index (χ0n) is 9.55. The Hall–Kier alpha value is -1.02. The lowest BCUT2D eigenvalue weighted by Crippen LogP contribution is -2.36. The minimum absolute atomic E-state index is 0.215. The largest absolute Gasteiger partial charge is 0.497 e. The van der Waals surface area contributed by atoms with Crippen LogP contribution in [-0.4, -0.2) is 14.2 Å². The lowest BCUT2D eigenvalue weighted by molar-refractivity contribution is 0.371. The first-order valence-electron chi connectivity index (χ1n) is 5.64.